The van der Waals surface area contributed by atoms with Crippen LogP contribution < -0.4 is 10.6 Å². The highest BCUT2D eigenvalue weighted by atomic mass is 35.5. The fourth-order valence-corrected chi connectivity index (χ4v) is 3.46. The van der Waals surface area contributed by atoms with E-state index in [4.69, 9.17) is 23.2 Å². The minimum atomic E-state index is -0.429. The van der Waals surface area contributed by atoms with Gasteiger partial charge in [0.25, 0.3) is 0 Å². The molecule has 0 radical (unpaired) electrons. The van der Waals surface area contributed by atoms with Crippen LogP contribution in [0, 0.1) is 0 Å². The van der Waals surface area contributed by atoms with Gasteiger partial charge in [0.05, 0.1) is 15.5 Å². The van der Waals surface area contributed by atoms with Crippen molar-refractivity contribution in [2.75, 3.05) is 19.6 Å². The Morgan fingerprint density at radius 3 is 2.61 bits per heavy atom. The summed E-state index contributed by atoms with van der Waals surface area (Å²) in [4.78, 5) is 12.8. The number of halogens is 3. The predicted octanol–water partition coefficient (Wildman–Crippen LogP) is 3.87. The Bertz CT molecular complexity index is 612. The second-order valence-corrected chi connectivity index (χ2v) is 6.88. The van der Waals surface area contributed by atoms with Crippen LogP contribution in [-0.4, -0.2) is 25.5 Å². The zero-order chi connectivity index (χ0) is 15.6. The zero-order valence-electron chi connectivity index (χ0n) is 12.8. The monoisotopic (exact) mass is 374 g/mol. The van der Waals surface area contributed by atoms with Gasteiger partial charge in [-0.05, 0) is 43.5 Å². The second-order valence-electron chi connectivity index (χ2n) is 6.06. The molecule has 3 nitrogen and oxygen atoms in total. The van der Waals surface area contributed by atoms with Gasteiger partial charge >= 0.3 is 0 Å². The summed E-state index contributed by atoms with van der Waals surface area (Å²) < 4.78 is 0. The molecular formula is C17H21Cl3N2O. The van der Waals surface area contributed by atoms with Crippen LogP contribution in [0.2, 0.25) is 10.0 Å². The number of carbonyl (C=O) groups excluding carboxylic acids is 1. The largest absolute Gasteiger partial charge is 0.352 e. The number of benzene rings is 1. The maximum Gasteiger partial charge on any atom is 0.230 e. The lowest BCUT2D eigenvalue weighted by Gasteiger charge is -2.41. The summed E-state index contributed by atoms with van der Waals surface area (Å²) in [7, 11) is 0. The lowest BCUT2D eigenvalue weighted by atomic mass is 9.64. The molecule has 0 saturated heterocycles. The van der Waals surface area contributed by atoms with E-state index in [2.05, 4.69) is 16.7 Å². The summed E-state index contributed by atoms with van der Waals surface area (Å²) in [6, 6.07) is 5.55. The van der Waals surface area contributed by atoms with E-state index in [0.717, 1.165) is 44.3 Å². The van der Waals surface area contributed by atoms with E-state index < -0.39 is 5.41 Å². The van der Waals surface area contributed by atoms with Crippen molar-refractivity contribution in [3.8, 4) is 0 Å². The number of carbonyl (C=O) groups is 1. The highest BCUT2D eigenvalue weighted by Gasteiger charge is 2.45. The third-order valence-corrected chi connectivity index (χ3v) is 5.49. The fourth-order valence-electron chi connectivity index (χ4n) is 3.16. The minimum Gasteiger partial charge on any atom is -0.352 e. The van der Waals surface area contributed by atoms with E-state index >= 15 is 0 Å². The van der Waals surface area contributed by atoms with Crippen LogP contribution in [-0.2, 0) is 10.2 Å². The van der Waals surface area contributed by atoms with Crippen molar-refractivity contribution in [3.63, 3.8) is 0 Å². The van der Waals surface area contributed by atoms with Crippen LogP contribution in [0.15, 0.2) is 29.8 Å². The maximum absolute atomic E-state index is 12.8. The molecule has 2 N–H and O–H groups in total. The smallest absolute Gasteiger partial charge is 0.230 e. The van der Waals surface area contributed by atoms with Crippen molar-refractivity contribution in [1.29, 1.82) is 0 Å². The van der Waals surface area contributed by atoms with Gasteiger partial charge in [-0.1, -0.05) is 47.3 Å². The van der Waals surface area contributed by atoms with E-state index in [-0.39, 0.29) is 18.3 Å². The highest BCUT2D eigenvalue weighted by molar-refractivity contribution is 6.42. The van der Waals surface area contributed by atoms with Gasteiger partial charge in [-0.15, -0.1) is 12.4 Å². The van der Waals surface area contributed by atoms with E-state index in [0.29, 0.717) is 16.6 Å². The molecule has 0 bridgehead atoms. The molecule has 1 saturated carbocycles. The van der Waals surface area contributed by atoms with E-state index in [1.54, 1.807) is 6.07 Å². The van der Waals surface area contributed by atoms with Crippen LogP contribution in [0.1, 0.15) is 31.2 Å². The molecule has 2 aliphatic rings. The molecule has 126 valence electrons. The first-order chi connectivity index (χ1) is 10.6. The van der Waals surface area contributed by atoms with Gasteiger partial charge in [-0.2, -0.15) is 0 Å². The Kier molecular flexibility index (Phi) is 6.38. The van der Waals surface area contributed by atoms with Crippen molar-refractivity contribution in [2.24, 2.45) is 0 Å². The van der Waals surface area contributed by atoms with E-state index in [1.807, 2.05) is 12.1 Å². The van der Waals surface area contributed by atoms with Crippen LogP contribution in [0.5, 0.6) is 0 Å². The normalized spacial score (nSPS) is 19.1. The first-order valence-corrected chi connectivity index (χ1v) is 8.50. The van der Waals surface area contributed by atoms with Gasteiger partial charge in [-0.25, -0.2) is 0 Å². The lowest BCUT2D eigenvalue weighted by Crippen LogP contribution is -2.49. The third-order valence-electron chi connectivity index (χ3n) is 4.75. The van der Waals surface area contributed by atoms with Crippen LogP contribution in [0.25, 0.3) is 0 Å². The summed E-state index contributed by atoms with van der Waals surface area (Å²) in [5, 5.41) is 7.43. The molecule has 1 fully saturated rings. The summed E-state index contributed by atoms with van der Waals surface area (Å²) in [6.45, 7) is 2.52. The van der Waals surface area contributed by atoms with Gasteiger partial charge in [0.1, 0.15) is 0 Å². The van der Waals surface area contributed by atoms with Crippen molar-refractivity contribution in [1.82, 2.24) is 10.6 Å². The van der Waals surface area contributed by atoms with Gasteiger partial charge in [0.15, 0.2) is 0 Å². The summed E-state index contributed by atoms with van der Waals surface area (Å²) in [5.41, 5.74) is 1.85. The number of amides is 1. The summed E-state index contributed by atoms with van der Waals surface area (Å²) in [6.07, 6.45) is 5.98. The Morgan fingerprint density at radius 1 is 1.26 bits per heavy atom. The Labute approximate surface area is 153 Å². The zero-order valence-corrected chi connectivity index (χ0v) is 15.2. The Hall–Kier alpha value is -0.740. The lowest BCUT2D eigenvalue weighted by molar-refractivity contribution is -0.129. The SMILES string of the molecule is Cl.O=C(NCC1=CCNCC1)C1(c2ccc(Cl)c(Cl)c2)CCC1. The van der Waals surface area contributed by atoms with Crippen LogP contribution >= 0.6 is 35.6 Å². The van der Waals surface area contributed by atoms with E-state index in [1.165, 1.54) is 5.57 Å². The topological polar surface area (TPSA) is 41.1 Å². The molecule has 1 heterocycles. The fraction of sp³-hybridized carbons (Fsp3) is 0.471. The Morgan fingerprint density at radius 2 is 2.04 bits per heavy atom. The molecule has 1 aromatic rings. The molecule has 23 heavy (non-hydrogen) atoms. The average molecular weight is 376 g/mol. The molecule has 3 rings (SSSR count). The van der Waals surface area contributed by atoms with Gasteiger partial charge in [-0.3, -0.25) is 4.79 Å². The van der Waals surface area contributed by atoms with Crippen molar-refractivity contribution < 1.29 is 4.79 Å². The van der Waals surface area contributed by atoms with E-state index in [9.17, 15) is 4.79 Å². The number of rotatable bonds is 4. The van der Waals surface area contributed by atoms with Gasteiger partial charge in [0.2, 0.25) is 5.91 Å². The van der Waals surface area contributed by atoms with Crippen LogP contribution in [0.3, 0.4) is 0 Å². The minimum absolute atomic E-state index is 0. The van der Waals surface area contributed by atoms with Crippen molar-refractivity contribution >= 4 is 41.5 Å². The first kappa shape index (κ1) is 18.6. The quantitative estimate of drug-likeness (QED) is 0.784. The average Bonchev–Trinajstić information content (AvgIpc) is 2.49. The highest BCUT2D eigenvalue weighted by Crippen LogP contribution is 2.45. The molecule has 6 heteroatoms. The first-order valence-electron chi connectivity index (χ1n) is 7.74. The van der Waals surface area contributed by atoms with Gasteiger partial charge < -0.3 is 10.6 Å². The molecule has 1 aliphatic heterocycles. The number of hydrogen-bond donors (Lipinski definition) is 2. The molecule has 1 aromatic carbocycles. The van der Waals surface area contributed by atoms with Crippen LogP contribution in [0.4, 0.5) is 0 Å². The van der Waals surface area contributed by atoms with Gasteiger partial charge in [0, 0.05) is 13.1 Å². The number of nitrogens with one attached hydrogen (secondary N) is 2. The molecule has 1 aliphatic carbocycles. The predicted molar refractivity (Wildman–Crippen MR) is 97.8 cm³/mol. The number of hydrogen-bond acceptors (Lipinski definition) is 2. The molecular weight excluding hydrogens is 355 g/mol. The molecule has 0 spiro atoms. The summed E-state index contributed by atoms with van der Waals surface area (Å²) in [5.74, 6) is 0.108. The molecule has 0 atom stereocenters. The second kappa shape index (κ2) is 7.89. The van der Waals surface area contributed by atoms with Crippen molar-refractivity contribution in [3.05, 3.63) is 45.5 Å². The molecule has 1 amide bonds. The van der Waals surface area contributed by atoms with Crippen molar-refractivity contribution in [2.45, 2.75) is 31.1 Å². The maximum atomic E-state index is 12.8. The molecule has 0 aromatic heterocycles. The third kappa shape index (κ3) is 3.85. The standard InChI is InChI=1S/C17H20Cl2N2O.ClH/c18-14-3-2-13(10-15(14)19)17(6-1-7-17)16(22)21-11-12-4-8-20-9-5-12;/h2-4,10,20H,1,5-9,11H2,(H,21,22);1H. The Balaban J connectivity index is 0.00000192. The molecule has 0 unspecified atom stereocenters. The summed E-state index contributed by atoms with van der Waals surface area (Å²) >= 11 is 12.1.